The Labute approximate surface area is 112 Å². The second kappa shape index (κ2) is 5.44. The van der Waals surface area contributed by atoms with Gasteiger partial charge in [0.1, 0.15) is 0 Å². The van der Waals surface area contributed by atoms with Gasteiger partial charge in [-0.3, -0.25) is 5.43 Å². The average molecular weight is 284 g/mol. The zero-order valence-corrected chi connectivity index (χ0v) is 10.8. The van der Waals surface area contributed by atoms with Gasteiger partial charge < -0.3 is 0 Å². The summed E-state index contributed by atoms with van der Waals surface area (Å²) in [7, 11) is 0. The molecular formula is C13H11F3N2S. The molecule has 0 bridgehead atoms. The topological polar surface area (TPSA) is 24.4 Å². The van der Waals surface area contributed by atoms with Crippen molar-refractivity contribution in [3.8, 4) is 0 Å². The van der Waals surface area contributed by atoms with E-state index < -0.39 is 11.7 Å². The first-order valence-electron chi connectivity index (χ1n) is 5.48. The molecule has 0 saturated carbocycles. The molecule has 0 aliphatic carbocycles. The van der Waals surface area contributed by atoms with E-state index in [-0.39, 0.29) is 0 Å². The molecule has 100 valence electrons. The van der Waals surface area contributed by atoms with E-state index in [1.807, 2.05) is 24.4 Å². The Bertz CT molecular complexity index is 557. The molecule has 0 amide bonds. The van der Waals surface area contributed by atoms with Crippen molar-refractivity contribution >= 4 is 22.7 Å². The highest BCUT2D eigenvalue weighted by Crippen LogP contribution is 2.29. The Hall–Kier alpha value is -1.82. The van der Waals surface area contributed by atoms with Crippen LogP contribution in [-0.4, -0.2) is 5.71 Å². The number of hydrogen-bond donors (Lipinski definition) is 1. The molecule has 1 aromatic heterocycles. The zero-order chi connectivity index (χ0) is 13.9. The molecule has 0 aliphatic heterocycles. The average Bonchev–Trinajstić information content (AvgIpc) is 2.89. The summed E-state index contributed by atoms with van der Waals surface area (Å²) >= 11 is 1.55. The van der Waals surface area contributed by atoms with Gasteiger partial charge in [0.05, 0.1) is 17.0 Å². The van der Waals surface area contributed by atoms with Crippen LogP contribution in [0.5, 0.6) is 0 Å². The molecule has 0 fully saturated rings. The third kappa shape index (κ3) is 3.57. The lowest BCUT2D eigenvalue weighted by molar-refractivity contribution is -0.137. The van der Waals surface area contributed by atoms with Gasteiger partial charge >= 0.3 is 6.18 Å². The van der Waals surface area contributed by atoms with E-state index in [4.69, 9.17) is 0 Å². The van der Waals surface area contributed by atoms with Gasteiger partial charge in [-0.15, -0.1) is 11.3 Å². The van der Waals surface area contributed by atoms with Gasteiger partial charge in [0, 0.05) is 4.88 Å². The van der Waals surface area contributed by atoms with E-state index in [0.29, 0.717) is 5.69 Å². The van der Waals surface area contributed by atoms with Crippen molar-refractivity contribution in [1.82, 2.24) is 0 Å². The fourth-order valence-corrected chi connectivity index (χ4v) is 2.10. The van der Waals surface area contributed by atoms with Gasteiger partial charge in [-0.1, -0.05) is 6.07 Å². The summed E-state index contributed by atoms with van der Waals surface area (Å²) in [6.07, 6.45) is -4.31. The van der Waals surface area contributed by atoms with Crippen molar-refractivity contribution in [1.29, 1.82) is 0 Å². The number of nitrogens with zero attached hydrogens (tertiary/aromatic N) is 1. The lowest BCUT2D eigenvalue weighted by Gasteiger charge is -2.07. The second-order valence-corrected chi connectivity index (χ2v) is 4.81. The molecule has 1 N–H and O–H groups in total. The van der Waals surface area contributed by atoms with Gasteiger partial charge in [-0.2, -0.15) is 18.3 Å². The summed E-state index contributed by atoms with van der Waals surface area (Å²) in [5.41, 5.74) is 3.37. The lowest BCUT2D eigenvalue weighted by Crippen LogP contribution is -2.04. The third-order valence-electron chi connectivity index (χ3n) is 2.44. The third-order valence-corrected chi connectivity index (χ3v) is 3.42. The Morgan fingerprint density at radius 2 is 1.84 bits per heavy atom. The van der Waals surface area contributed by atoms with Crippen LogP contribution in [0.2, 0.25) is 0 Å². The molecule has 1 aromatic carbocycles. The summed E-state index contributed by atoms with van der Waals surface area (Å²) in [4.78, 5) is 1.01. The second-order valence-electron chi connectivity index (χ2n) is 3.86. The highest BCUT2D eigenvalue weighted by atomic mass is 32.1. The molecular weight excluding hydrogens is 273 g/mol. The van der Waals surface area contributed by atoms with Gasteiger partial charge in [-0.05, 0) is 42.6 Å². The Kier molecular flexibility index (Phi) is 3.90. The van der Waals surface area contributed by atoms with Crippen LogP contribution in [0.3, 0.4) is 0 Å². The molecule has 6 heteroatoms. The number of benzene rings is 1. The quantitative estimate of drug-likeness (QED) is 0.646. The van der Waals surface area contributed by atoms with E-state index in [1.165, 1.54) is 12.1 Å². The molecule has 0 radical (unpaired) electrons. The number of anilines is 1. The minimum atomic E-state index is -4.31. The first-order valence-corrected chi connectivity index (χ1v) is 6.36. The fraction of sp³-hybridized carbons (Fsp3) is 0.154. The SMILES string of the molecule is C/C(=N\Nc1ccc(C(F)(F)F)cc1)c1cccs1. The fourth-order valence-electron chi connectivity index (χ4n) is 1.42. The zero-order valence-electron chi connectivity index (χ0n) is 10.0. The van der Waals surface area contributed by atoms with Gasteiger partial charge in [-0.25, -0.2) is 0 Å². The molecule has 2 nitrogen and oxygen atoms in total. The minimum Gasteiger partial charge on any atom is -0.278 e. The molecule has 1 heterocycles. The summed E-state index contributed by atoms with van der Waals surface area (Å²) in [5, 5.41) is 6.06. The van der Waals surface area contributed by atoms with E-state index in [9.17, 15) is 13.2 Å². The van der Waals surface area contributed by atoms with Crippen molar-refractivity contribution < 1.29 is 13.2 Å². The monoisotopic (exact) mass is 284 g/mol. The number of hydrogen-bond acceptors (Lipinski definition) is 3. The maximum Gasteiger partial charge on any atom is 0.416 e. The number of halogens is 3. The Morgan fingerprint density at radius 1 is 1.16 bits per heavy atom. The van der Waals surface area contributed by atoms with Gasteiger partial charge in [0.15, 0.2) is 0 Å². The largest absolute Gasteiger partial charge is 0.416 e. The van der Waals surface area contributed by atoms with Crippen molar-refractivity contribution in [2.75, 3.05) is 5.43 Å². The molecule has 0 atom stereocenters. The van der Waals surface area contributed by atoms with Crippen LogP contribution in [0.25, 0.3) is 0 Å². The molecule has 0 unspecified atom stereocenters. The first-order chi connectivity index (χ1) is 8.97. The molecule has 0 spiro atoms. The highest BCUT2D eigenvalue weighted by molar-refractivity contribution is 7.12. The van der Waals surface area contributed by atoms with E-state index in [0.717, 1.165) is 22.7 Å². The van der Waals surface area contributed by atoms with Gasteiger partial charge in [0.2, 0.25) is 0 Å². The lowest BCUT2D eigenvalue weighted by atomic mass is 10.2. The van der Waals surface area contributed by atoms with Crippen LogP contribution in [0.1, 0.15) is 17.4 Å². The smallest absolute Gasteiger partial charge is 0.278 e. The molecule has 0 saturated heterocycles. The number of alkyl halides is 3. The standard InChI is InChI=1S/C13H11F3N2S/c1-9(12-3-2-8-19-12)17-18-11-6-4-10(5-7-11)13(14,15)16/h2-8,18H,1H3/b17-9+. The summed E-state index contributed by atoms with van der Waals surface area (Å²) in [6, 6.07) is 8.60. The Balaban J connectivity index is 2.06. The van der Waals surface area contributed by atoms with E-state index >= 15 is 0 Å². The molecule has 2 rings (SSSR count). The number of hydrazone groups is 1. The Morgan fingerprint density at radius 3 is 2.37 bits per heavy atom. The van der Waals surface area contributed by atoms with Crippen LogP contribution in [-0.2, 0) is 6.18 Å². The van der Waals surface area contributed by atoms with Crippen molar-refractivity contribution in [3.05, 3.63) is 52.2 Å². The van der Waals surface area contributed by atoms with Crippen LogP contribution in [0, 0.1) is 0 Å². The highest BCUT2D eigenvalue weighted by Gasteiger charge is 2.29. The predicted molar refractivity (Wildman–Crippen MR) is 71.6 cm³/mol. The van der Waals surface area contributed by atoms with Crippen LogP contribution >= 0.6 is 11.3 Å². The molecule has 0 aliphatic rings. The summed E-state index contributed by atoms with van der Waals surface area (Å²) in [6.45, 7) is 1.84. The summed E-state index contributed by atoms with van der Waals surface area (Å²) < 4.78 is 37.1. The minimum absolute atomic E-state index is 0.518. The van der Waals surface area contributed by atoms with Crippen LogP contribution in [0.4, 0.5) is 18.9 Å². The van der Waals surface area contributed by atoms with Crippen molar-refractivity contribution in [3.63, 3.8) is 0 Å². The van der Waals surface area contributed by atoms with Crippen molar-refractivity contribution in [2.45, 2.75) is 13.1 Å². The van der Waals surface area contributed by atoms with Crippen molar-refractivity contribution in [2.24, 2.45) is 5.10 Å². The number of rotatable bonds is 3. The van der Waals surface area contributed by atoms with E-state index in [1.54, 1.807) is 11.3 Å². The molecule has 2 aromatic rings. The predicted octanol–water partition coefficient (Wildman–Crippen LogP) is 4.60. The normalized spacial score (nSPS) is 12.5. The van der Waals surface area contributed by atoms with Crippen LogP contribution < -0.4 is 5.43 Å². The van der Waals surface area contributed by atoms with Crippen LogP contribution in [0.15, 0.2) is 46.9 Å². The maximum atomic E-state index is 12.4. The van der Waals surface area contributed by atoms with Gasteiger partial charge in [0.25, 0.3) is 0 Å². The number of nitrogens with one attached hydrogen (secondary N) is 1. The summed E-state index contributed by atoms with van der Waals surface area (Å²) in [5.74, 6) is 0. The number of thiophene rings is 1. The maximum absolute atomic E-state index is 12.4. The molecule has 19 heavy (non-hydrogen) atoms. The first kappa shape index (κ1) is 13.6. The van der Waals surface area contributed by atoms with E-state index in [2.05, 4.69) is 10.5 Å².